The number of benzene rings is 1. The van der Waals surface area contributed by atoms with Crippen molar-refractivity contribution in [3.63, 3.8) is 0 Å². The van der Waals surface area contributed by atoms with Gasteiger partial charge in [0.1, 0.15) is 23.7 Å². The Morgan fingerprint density at radius 1 is 0.940 bits per heavy atom. The van der Waals surface area contributed by atoms with Crippen molar-refractivity contribution >= 4 is 40.9 Å². The van der Waals surface area contributed by atoms with Crippen LogP contribution in [0.1, 0.15) is 98.7 Å². The number of aromatic nitrogens is 3. The van der Waals surface area contributed by atoms with Crippen LogP contribution >= 0.6 is 0 Å². The first kappa shape index (κ1) is 45.8. The molecule has 8 heterocycles. The Morgan fingerprint density at radius 3 is 2.40 bits per heavy atom. The quantitative estimate of drug-likeness (QED) is 0.184. The van der Waals surface area contributed by atoms with Crippen molar-refractivity contribution in [2.24, 2.45) is 5.41 Å². The maximum absolute atomic E-state index is 14.0. The number of anilines is 1. The normalized spacial score (nSPS) is 20.6. The van der Waals surface area contributed by atoms with Gasteiger partial charge in [0, 0.05) is 101 Å². The van der Waals surface area contributed by atoms with E-state index in [2.05, 4.69) is 42.6 Å². The summed E-state index contributed by atoms with van der Waals surface area (Å²) < 4.78 is 7.47. The van der Waals surface area contributed by atoms with Gasteiger partial charge >= 0.3 is 0 Å². The summed E-state index contributed by atoms with van der Waals surface area (Å²) in [4.78, 5) is 80.5. The van der Waals surface area contributed by atoms with Gasteiger partial charge in [0.2, 0.25) is 23.6 Å². The highest BCUT2D eigenvalue weighted by atomic mass is 16.5. The highest BCUT2D eigenvalue weighted by Crippen LogP contribution is 2.37. The number of carbonyl (C=O) groups is 5. The van der Waals surface area contributed by atoms with Crippen molar-refractivity contribution in [2.75, 3.05) is 77.0 Å². The number of hydrogen-bond acceptors (Lipinski definition) is 12. The maximum Gasteiger partial charge on any atom is 0.255 e. The van der Waals surface area contributed by atoms with Crippen LogP contribution < -0.4 is 20.3 Å². The number of nitrogens with one attached hydrogen (secondary N) is 2. The van der Waals surface area contributed by atoms with Crippen LogP contribution in [0.2, 0.25) is 0 Å². The molecule has 0 saturated carbocycles. The van der Waals surface area contributed by atoms with Crippen LogP contribution in [0, 0.1) is 16.7 Å². The van der Waals surface area contributed by atoms with Crippen LogP contribution in [0.4, 0.5) is 5.82 Å². The fourth-order valence-corrected chi connectivity index (χ4v) is 10.7. The number of piperazine rings is 1. The number of nitrogens with zero attached hydrogens (tertiary/aromatic N) is 9. The van der Waals surface area contributed by atoms with E-state index in [4.69, 9.17) is 9.72 Å². The zero-order valence-electron chi connectivity index (χ0n) is 38.8. The Morgan fingerprint density at radius 2 is 1.72 bits per heavy atom. The molecule has 5 amide bonds. The Kier molecular flexibility index (Phi) is 13.3. The second-order valence-electron chi connectivity index (χ2n) is 19.1. The minimum absolute atomic E-state index is 0.0200. The number of ether oxygens (including phenoxy) is 1. The fraction of sp³-hybridized carbons (Fsp3) is 0.520. The third-order valence-corrected chi connectivity index (χ3v) is 14.5. The first-order valence-electron chi connectivity index (χ1n) is 24.0. The number of nitriles is 1. The van der Waals surface area contributed by atoms with E-state index in [9.17, 15) is 29.2 Å². The van der Waals surface area contributed by atoms with Gasteiger partial charge in [-0.25, -0.2) is 9.50 Å². The number of rotatable bonds is 13. The number of amides is 5. The molecule has 17 nitrogen and oxygen atoms in total. The summed E-state index contributed by atoms with van der Waals surface area (Å²) in [6.07, 6.45) is 9.45. The number of likely N-dealkylation sites (tertiary alicyclic amines) is 1. The molecule has 0 spiro atoms. The van der Waals surface area contributed by atoms with Crippen LogP contribution in [0.5, 0.6) is 5.75 Å². The summed E-state index contributed by atoms with van der Waals surface area (Å²) in [5.74, 6) is 1.23. The van der Waals surface area contributed by atoms with Crippen molar-refractivity contribution in [2.45, 2.75) is 90.3 Å². The number of fused-ring (bicyclic) bond motifs is 2. The van der Waals surface area contributed by atoms with Gasteiger partial charge in [-0.1, -0.05) is 12.1 Å². The minimum Gasteiger partial charge on any atom is -0.492 e. The molecule has 1 aromatic carbocycles. The average molecular weight is 912 g/mol. The maximum atomic E-state index is 14.0. The van der Waals surface area contributed by atoms with E-state index >= 15 is 0 Å². The van der Waals surface area contributed by atoms with Gasteiger partial charge in [0.15, 0.2) is 0 Å². The average Bonchev–Trinajstić information content (AvgIpc) is 3.91. The second kappa shape index (κ2) is 19.5. The van der Waals surface area contributed by atoms with Crippen LogP contribution in [0.3, 0.4) is 0 Å². The summed E-state index contributed by atoms with van der Waals surface area (Å²) in [6, 6.07) is 13.7. The molecule has 2 N–H and O–H groups in total. The molecule has 4 fully saturated rings. The predicted octanol–water partition coefficient (Wildman–Crippen LogP) is 3.95. The molecule has 0 bridgehead atoms. The lowest BCUT2D eigenvalue weighted by atomic mass is 9.76. The minimum atomic E-state index is -0.619. The molecule has 0 radical (unpaired) electrons. The van der Waals surface area contributed by atoms with Gasteiger partial charge in [0.05, 0.1) is 35.5 Å². The Bertz CT molecular complexity index is 2560. The first-order chi connectivity index (χ1) is 32.4. The highest BCUT2D eigenvalue weighted by molar-refractivity contribution is 6.05. The van der Waals surface area contributed by atoms with Crippen molar-refractivity contribution in [1.29, 1.82) is 5.26 Å². The molecule has 1 atom stereocenters. The van der Waals surface area contributed by atoms with Crippen molar-refractivity contribution in [3.8, 4) is 22.9 Å². The molecule has 4 aromatic rings. The van der Waals surface area contributed by atoms with Gasteiger partial charge in [0.25, 0.3) is 5.91 Å². The molecular weight excluding hydrogens is 851 g/mol. The molecule has 1 unspecified atom stereocenters. The predicted molar refractivity (Wildman–Crippen MR) is 250 cm³/mol. The van der Waals surface area contributed by atoms with Crippen LogP contribution in [-0.2, 0) is 25.7 Å². The van der Waals surface area contributed by atoms with Gasteiger partial charge in [-0.3, -0.25) is 34.2 Å². The van der Waals surface area contributed by atoms with E-state index in [0.29, 0.717) is 106 Å². The third kappa shape index (κ3) is 9.60. The number of carbonyl (C=O) groups excluding carboxylic acids is 5. The van der Waals surface area contributed by atoms with E-state index in [0.717, 1.165) is 67.1 Å². The molecule has 9 rings (SSSR count). The van der Waals surface area contributed by atoms with Gasteiger partial charge in [-0.15, -0.1) is 0 Å². The number of hydrogen-bond donors (Lipinski definition) is 2. The zero-order valence-corrected chi connectivity index (χ0v) is 38.8. The Balaban J connectivity index is 0.746. The summed E-state index contributed by atoms with van der Waals surface area (Å²) in [5, 5.41) is 19.7. The lowest BCUT2D eigenvalue weighted by molar-refractivity contribution is -0.137. The molecule has 17 heteroatoms. The van der Waals surface area contributed by atoms with E-state index in [1.54, 1.807) is 21.8 Å². The van der Waals surface area contributed by atoms with Crippen LogP contribution in [0.15, 0.2) is 55.0 Å². The zero-order chi connectivity index (χ0) is 46.8. The molecule has 5 aliphatic rings. The standard InChI is InChI=1S/C50H61N11O6/c1-4-67-39-26-40(46-38(27-51)29-53-61(46)31-39)36-7-9-43(52-28-36)58-19-14-50(15-20-58,49(66)54-33(2)3)32-57-21-23-59(24-22-57)45(63)13-18-56-16-11-34(12-17-56)35-5-6-37-30-60(48(65)41(37)25-35)42-8-10-44(62)55-47(42)64/h5-7,9,25-26,28-29,31,33-34,42H,4,8,10-24,30,32H2,1-3H3,(H,54,66)(H,55,62,64). The molecule has 5 aliphatic heterocycles. The Labute approximate surface area is 391 Å². The molecule has 352 valence electrons. The Hall–Kier alpha value is -6.38. The van der Waals surface area contributed by atoms with E-state index in [-0.39, 0.29) is 36.1 Å². The molecule has 0 aliphatic carbocycles. The van der Waals surface area contributed by atoms with Crippen molar-refractivity contribution in [3.05, 3.63) is 77.2 Å². The van der Waals surface area contributed by atoms with Gasteiger partial charge in [-0.05, 0) is 107 Å². The molecular formula is C50H61N11O6. The second-order valence-corrected chi connectivity index (χ2v) is 19.1. The largest absolute Gasteiger partial charge is 0.492 e. The summed E-state index contributed by atoms with van der Waals surface area (Å²) in [6.45, 7) is 14.0. The number of piperidine rings is 3. The first-order valence-corrected chi connectivity index (χ1v) is 24.0. The summed E-state index contributed by atoms with van der Waals surface area (Å²) in [7, 11) is 0. The SMILES string of the molecule is CCOc1cc(-c2ccc(N3CCC(CN4CCN(C(=O)CCN5CCC(c6ccc7c(c6)C(=O)N(C6CCC(=O)NC6=O)C7)CC5)CC4)(C(=O)NC(C)C)CC3)nc2)c2c(C#N)cnn2c1. The number of imide groups is 1. The van der Waals surface area contributed by atoms with E-state index in [1.165, 1.54) is 0 Å². The number of pyridine rings is 2. The summed E-state index contributed by atoms with van der Waals surface area (Å²) >= 11 is 0. The summed E-state index contributed by atoms with van der Waals surface area (Å²) in [5.41, 5.74) is 4.99. The monoisotopic (exact) mass is 911 g/mol. The van der Waals surface area contributed by atoms with E-state index in [1.807, 2.05) is 62.2 Å². The smallest absolute Gasteiger partial charge is 0.255 e. The van der Waals surface area contributed by atoms with Crippen LogP contribution in [-0.4, -0.2) is 148 Å². The fourth-order valence-electron chi connectivity index (χ4n) is 10.7. The lowest BCUT2D eigenvalue weighted by Gasteiger charge is -2.45. The van der Waals surface area contributed by atoms with Gasteiger partial charge in [-0.2, -0.15) is 10.4 Å². The topological polar surface area (TPSA) is 189 Å². The van der Waals surface area contributed by atoms with Crippen molar-refractivity contribution in [1.82, 2.24) is 44.8 Å². The van der Waals surface area contributed by atoms with Gasteiger partial charge < -0.3 is 29.7 Å². The molecule has 67 heavy (non-hydrogen) atoms. The third-order valence-electron chi connectivity index (χ3n) is 14.5. The highest BCUT2D eigenvalue weighted by Gasteiger charge is 2.44. The van der Waals surface area contributed by atoms with Crippen LogP contribution in [0.25, 0.3) is 16.6 Å². The molecule has 4 saturated heterocycles. The lowest BCUT2D eigenvalue weighted by Crippen LogP contribution is -2.58. The molecule has 3 aromatic heterocycles. The van der Waals surface area contributed by atoms with E-state index < -0.39 is 17.4 Å². The van der Waals surface area contributed by atoms with Crippen molar-refractivity contribution < 1.29 is 28.7 Å².